The van der Waals surface area contributed by atoms with Crippen molar-refractivity contribution >= 4 is 202 Å². The van der Waals surface area contributed by atoms with Crippen molar-refractivity contribution in [3.8, 4) is 11.5 Å². The number of nitrogens with one attached hydrogen (secondary N) is 2. The molecule has 49 heteroatoms. The van der Waals surface area contributed by atoms with E-state index in [0.717, 1.165) is 56.2 Å². The van der Waals surface area contributed by atoms with Crippen molar-refractivity contribution in [1.29, 1.82) is 0 Å². The maximum absolute atomic E-state index is 14.1. The number of halogens is 17. The average Bonchev–Trinajstić information content (AvgIpc) is 0.805. The Morgan fingerprint density at radius 1 is 0.562 bits per heavy atom. The number of rotatable bonds is 31. The molecule has 2 aliphatic rings. The van der Waals surface area contributed by atoms with Gasteiger partial charge in [-0.15, -0.1) is 0 Å². The maximum Gasteiger partial charge on any atom is 2.00 e. The van der Waals surface area contributed by atoms with Gasteiger partial charge in [-0.05, 0) is 221 Å². The number of nitro groups is 2. The molecule has 2 fully saturated rings. The number of ether oxygens (including phenoxy) is 4. The molecule has 0 amide bonds. The average molecular weight is 2460 g/mol. The molecule has 0 aliphatic carbocycles. The SMILES string of the molecule is C1CCOC1.C=[C](OCC)[Sn]([CH2]CCC)([CH2]CCC)[CH2]CCC.CC(=O)c1cc(F)c(Cl)cc1N.CCC(C)(O)c1cc(F)c(Cl)cc1Cc1ncnc(Cl)n1.CCC(C)(O)c1cc(F)c(Cl)cc1Cc1ncnc(Nc2cc([N+](=O)[O-])c(F)cc2OC)n1.CCC(C)(O)c1cc(F)c(Cl)cc1N.CN(C)C[C@H]1CCN1.COc1cc(F)c([N+](=O)[O-])cc1N.Clc1ncnc(Cl)n1.Nc1cc(Cl)c(F)cc1Br.[Br-].[CH2-]C.[Mg+2]. The van der Waals surface area contributed by atoms with Gasteiger partial charge in [-0.3, -0.25) is 25.0 Å². The number of carbonyl (C=O) groups is 1. The largest absolute Gasteiger partial charge is 2.00 e. The molecule has 12 rings (SSSR count). The first-order valence-corrected chi connectivity index (χ1v) is 56.6. The van der Waals surface area contributed by atoms with Gasteiger partial charge in [-0.1, -0.05) is 78.8 Å². The number of benzene rings is 7. The van der Waals surface area contributed by atoms with Crippen molar-refractivity contribution < 1.29 is 96.6 Å². The van der Waals surface area contributed by atoms with Crippen LogP contribution in [0.5, 0.6) is 11.5 Å². The Morgan fingerprint density at radius 2 is 0.945 bits per heavy atom. The summed E-state index contributed by atoms with van der Waals surface area (Å²) >= 11 is 45.3. The van der Waals surface area contributed by atoms with Crippen LogP contribution in [-0.2, 0) is 39.1 Å². The van der Waals surface area contributed by atoms with Crippen molar-refractivity contribution in [2.75, 3.05) is 89.5 Å². The van der Waals surface area contributed by atoms with E-state index in [1.807, 2.05) is 6.92 Å². The van der Waals surface area contributed by atoms with Gasteiger partial charge in [0, 0.05) is 95.6 Å². The smallest absolute Gasteiger partial charge is 1.00 e. The van der Waals surface area contributed by atoms with Crippen molar-refractivity contribution in [3.05, 3.63) is 273 Å². The molecule has 3 unspecified atom stereocenters. The number of likely N-dealkylation sites (N-methyl/N-ethyl adjacent to an activating group) is 1. The first-order valence-electron chi connectivity index (χ1n) is 45.3. The number of anilines is 6. The predicted molar refractivity (Wildman–Crippen MR) is 572 cm³/mol. The molecule has 0 radical (unpaired) electrons. The van der Waals surface area contributed by atoms with E-state index in [0.29, 0.717) is 68.8 Å². The molecule has 5 heterocycles. The molecule has 2 saturated heterocycles. The maximum atomic E-state index is 14.1. The van der Waals surface area contributed by atoms with Crippen molar-refractivity contribution in [2.24, 2.45) is 0 Å². The summed E-state index contributed by atoms with van der Waals surface area (Å²) in [7, 11) is 6.81. The molecule has 802 valence electrons. The second-order valence-electron chi connectivity index (χ2n) is 32.7. The summed E-state index contributed by atoms with van der Waals surface area (Å²) in [6.45, 7) is 35.1. The molecule has 3 aromatic heterocycles. The number of methoxy groups -OCH3 is 2. The number of nitro benzene ring substituents is 2. The second kappa shape index (κ2) is 70.4. The molecule has 146 heavy (non-hydrogen) atoms. The number of aliphatic hydroxyl groups is 3. The van der Waals surface area contributed by atoms with E-state index in [4.69, 9.17) is 130 Å². The standard InChI is InChI=1S/C21H20ClF2N5O4.C14H14Cl2FN3O.C10H13ClFNO.C8H7ClFNO.C7H7FN2O3.C6H4BrClFN.C6H14N2.C4H8O.C4H7O.3C4H9.C3HCl2N3.C2H5.BrH.Mg.Sn/c1-4-21(2,30)12-7-14(23)13(22)5-11(12)6-19-25-10-26-20(28-19)27-16-9-17(29(31)32)15(24)8-18(16)33-3;1-3-14(2,21)9-6-11(17)10(15)4-8(9)5-12-18-7-19-13(16)20-12;1-3-10(2,14)6-4-8(12)7(11)5-9(6)13;1-4(12)5-2-7(10)6(9)3-8(5)11;1-13-7-2-4(8)6(10(11)12)3-5(7)9;7-3-1-5(9)4(8)2-6(3)10;1-8(2)5-6-3-4-7-6;1-2-4-5-3-1;1-3-5-4-2;3*1-3-4-2;4-2-6-1-7-3(5)8-2;1-2;;;/h5,7-10,30H,4,6H2,1-3H3,(H,25,26,27,28);4,6-7,21H,3,5H2,1-2H3;4-5,14H,3,13H2,1-2H3;2-3H,11H2,1H3;2-3H,9H2,1H3;1-2H,10H2;6-7H,3-5H2,1-2H3;1-4H2;1,4H2,2H3;3*1,3-4H2,2H3;1H;1H2,2H3;1H;;/q;;;;;;;;;;;;;-1;;+2;/p-1/t;;;;;;6-;;;;;;;;;;/m......1........../s1. The zero-order valence-corrected chi connectivity index (χ0v) is 97.7. The van der Waals surface area contributed by atoms with Crippen molar-refractivity contribution in [1.82, 2.24) is 55.1 Å². The minimum absolute atomic E-state index is 0. The van der Waals surface area contributed by atoms with E-state index in [-0.39, 0.29) is 146 Å². The molecule has 13 N–H and O–H groups in total. The molecule has 30 nitrogen and oxygen atoms in total. The Hall–Kier alpha value is -7.71. The number of ketones is 1. The van der Waals surface area contributed by atoms with Crippen LogP contribution in [-0.4, -0.2) is 189 Å². The number of unbranched alkanes of at least 4 members (excludes halogenated alkanes) is 3. The number of nitrogens with two attached hydrogens (primary N) is 4. The molecule has 4 atom stereocenters. The van der Waals surface area contributed by atoms with Crippen LogP contribution in [0.25, 0.3) is 0 Å². The van der Waals surface area contributed by atoms with E-state index >= 15 is 0 Å². The fraction of sp³-hybridized carbons (Fsp3) is 0.433. The Kier molecular flexibility index (Phi) is 66.7. The van der Waals surface area contributed by atoms with Crippen LogP contribution in [0.15, 0.2) is 119 Å². The monoisotopic (exact) mass is 2450 g/mol. The molecule has 2 aliphatic heterocycles. The molecule has 10 aromatic rings. The molecule has 0 spiro atoms. The van der Waals surface area contributed by atoms with Gasteiger partial charge in [0.25, 0.3) is 0 Å². The van der Waals surface area contributed by atoms with Crippen LogP contribution in [0.1, 0.15) is 210 Å². The zero-order valence-electron chi connectivity index (χ0n) is 84.2. The van der Waals surface area contributed by atoms with E-state index < -0.39 is 97.1 Å². The fourth-order valence-corrected chi connectivity index (χ4v) is 29.3. The Balaban J connectivity index is 0.00000166. The zero-order chi connectivity index (χ0) is 109. The molecular weight excluding hydrogens is 2330 g/mol. The van der Waals surface area contributed by atoms with E-state index in [1.54, 1.807) is 41.5 Å². The summed E-state index contributed by atoms with van der Waals surface area (Å²) in [6.07, 6.45) is 17.3. The first-order chi connectivity index (χ1) is 67.7. The topological polar surface area (TPSA) is 448 Å². The Bertz CT molecular complexity index is 5670. The van der Waals surface area contributed by atoms with Gasteiger partial charge in [0.1, 0.15) is 71.2 Å². The van der Waals surface area contributed by atoms with Gasteiger partial charge in [0.2, 0.25) is 33.4 Å². The van der Waals surface area contributed by atoms with E-state index in [9.17, 15) is 71.1 Å². The summed E-state index contributed by atoms with van der Waals surface area (Å²) in [4.78, 5) is 67.2. The van der Waals surface area contributed by atoms with Crippen molar-refractivity contribution in [2.45, 2.75) is 209 Å². The summed E-state index contributed by atoms with van der Waals surface area (Å²) < 4.78 is 120. The molecule has 0 bridgehead atoms. The van der Waals surface area contributed by atoms with Crippen LogP contribution in [0.3, 0.4) is 0 Å². The summed E-state index contributed by atoms with van der Waals surface area (Å²) in [6, 6.07) is 17.1. The molecular formula is C97H127Br2Cl8F7MgN18O12Sn. The number of hydrogen-bond donors (Lipinski definition) is 9. The third-order valence-electron chi connectivity index (χ3n) is 21.6. The minimum atomic E-state index is -2.24. The fourth-order valence-electron chi connectivity index (χ4n) is 13.0. The van der Waals surface area contributed by atoms with Crippen LogP contribution in [0, 0.1) is 67.9 Å². The number of hydrogen-bond acceptors (Lipinski definition) is 28. The summed E-state index contributed by atoms with van der Waals surface area (Å²) in [5, 5.41) is 58.6. The third-order valence-corrected chi connectivity index (χ3v) is 39.3. The Morgan fingerprint density at radius 3 is 1.31 bits per heavy atom. The number of nitrogens with zero attached hydrogens (tertiary/aromatic N) is 12. The van der Waals surface area contributed by atoms with Gasteiger partial charge in [-0.25, -0.2) is 56.8 Å². The van der Waals surface area contributed by atoms with E-state index in [2.05, 4.69) is 136 Å². The summed E-state index contributed by atoms with van der Waals surface area (Å²) in [5.41, 5.74) is 20.4. The number of Topliss-reactive ketones (excluding diaryl/α,β-unsaturated/α-hetero) is 1. The van der Waals surface area contributed by atoms with Crippen LogP contribution in [0.4, 0.5) is 76.5 Å². The predicted octanol–water partition coefficient (Wildman–Crippen LogP) is 22.6. The number of aromatic nitrogens is 9. The molecule has 7 aromatic carbocycles. The number of carbonyl (C=O) groups excluding carboxylic acids is 1. The van der Waals surface area contributed by atoms with Gasteiger partial charge >= 0.3 is 154 Å². The Labute approximate surface area is 927 Å². The van der Waals surface area contributed by atoms with Crippen LogP contribution < -0.4 is 60.0 Å². The van der Waals surface area contributed by atoms with Crippen LogP contribution >= 0.6 is 109 Å². The van der Waals surface area contributed by atoms with Gasteiger partial charge in [0.15, 0.2) is 5.78 Å². The normalized spacial score (nSPS) is 13.1. The number of nitrogen functional groups attached to an aromatic ring is 4. The quantitative estimate of drug-likeness (QED) is 0.00224. The minimum Gasteiger partial charge on any atom is -1.00 e. The second-order valence-corrected chi connectivity index (χ2v) is 49.8. The van der Waals surface area contributed by atoms with E-state index in [1.165, 1.54) is 183 Å². The van der Waals surface area contributed by atoms with Gasteiger partial charge in [-0.2, -0.15) is 25.7 Å². The van der Waals surface area contributed by atoms with Gasteiger partial charge < -0.3 is 91.9 Å². The van der Waals surface area contributed by atoms with Gasteiger partial charge in [0.05, 0.1) is 77.4 Å². The van der Waals surface area contributed by atoms with Crippen LogP contribution in [0.2, 0.25) is 54.3 Å². The third kappa shape index (κ3) is 47.9. The first kappa shape index (κ1) is 138. The summed E-state index contributed by atoms with van der Waals surface area (Å²) in [5.74, 6) is -4.41. The molecule has 0 saturated carbocycles. The van der Waals surface area contributed by atoms with Crippen molar-refractivity contribution in [3.63, 3.8) is 0 Å².